The molecule has 0 unspecified atom stereocenters. The van der Waals surface area contributed by atoms with Crippen molar-refractivity contribution in [2.75, 3.05) is 18.5 Å². The van der Waals surface area contributed by atoms with Gasteiger partial charge in [-0.2, -0.15) is 5.26 Å². The largest absolute Gasteiger partial charge is 0.463 e. The monoisotopic (exact) mass is 400 g/mol. The molecule has 0 fully saturated rings. The van der Waals surface area contributed by atoms with Gasteiger partial charge in [0.25, 0.3) is 5.56 Å². The number of anilines is 2. The Hall–Kier alpha value is -3.38. The number of aromatic amines is 1. The maximum absolute atomic E-state index is 12.4. The lowest BCUT2D eigenvalue weighted by Gasteiger charge is -2.19. The summed E-state index contributed by atoms with van der Waals surface area (Å²) in [5.41, 5.74) is 1.14. The van der Waals surface area contributed by atoms with Gasteiger partial charge < -0.3 is 14.8 Å². The first-order chi connectivity index (χ1) is 13.7. The van der Waals surface area contributed by atoms with Crippen LogP contribution in [-0.4, -0.2) is 28.7 Å². The number of nitrogens with one attached hydrogen (secondary N) is 2. The summed E-state index contributed by atoms with van der Waals surface area (Å²) < 4.78 is 11.5. The van der Waals surface area contributed by atoms with Gasteiger partial charge in [0, 0.05) is 12.6 Å². The van der Waals surface area contributed by atoms with E-state index in [-0.39, 0.29) is 31.7 Å². The van der Waals surface area contributed by atoms with Gasteiger partial charge >= 0.3 is 11.7 Å². The lowest BCUT2D eigenvalue weighted by Crippen LogP contribution is -2.35. The van der Waals surface area contributed by atoms with Crippen molar-refractivity contribution in [1.29, 1.82) is 5.26 Å². The fraction of sp³-hybridized carbons (Fsp3) is 0.400. The normalized spacial score (nSPS) is 10.6. The molecule has 0 aliphatic heterocycles. The minimum atomic E-state index is -0.637. The van der Waals surface area contributed by atoms with E-state index in [2.05, 4.69) is 16.4 Å². The average Bonchev–Trinajstić information content (AvgIpc) is 2.62. The van der Waals surface area contributed by atoms with E-state index in [1.165, 1.54) is 11.5 Å². The maximum Gasteiger partial charge on any atom is 0.331 e. The molecular weight excluding hydrogens is 376 g/mol. The van der Waals surface area contributed by atoms with E-state index in [0.29, 0.717) is 16.8 Å². The summed E-state index contributed by atoms with van der Waals surface area (Å²) in [6, 6.07) is 7.26. The van der Waals surface area contributed by atoms with Crippen LogP contribution in [0.2, 0.25) is 0 Å². The Morgan fingerprint density at radius 1 is 1.28 bits per heavy atom. The van der Waals surface area contributed by atoms with Gasteiger partial charge in [-0.1, -0.05) is 13.8 Å². The third kappa shape index (κ3) is 5.80. The number of carbonyl (C=O) groups is 1. The molecule has 2 N–H and O–H groups in total. The van der Waals surface area contributed by atoms with Crippen LogP contribution in [0.15, 0.2) is 27.8 Å². The van der Waals surface area contributed by atoms with Crippen molar-refractivity contribution < 1.29 is 14.3 Å². The molecule has 0 spiro atoms. The lowest BCUT2D eigenvalue weighted by atomic mass is 10.1. The molecule has 1 aromatic carbocycles. The Bertz CT molecular complexity index is 1050. The van der Waals surface area contributed by atoms with Crippen LogP contribution in [0.5, 0.6) is 0 Å². The zero-order valence-corrected chi connectivity index (χ0v) is 16.9. The highest BCUT2D eigenvalue weighted by molar-refractivity contribution is 5.65. The molecule has 0 atom stereocenters. The van der Waals surface area contributed by atoms with E-state index in [4.69, 9.17) is 9.47 Å². The highest BCUT2D eigenvalue weighted by Crippen LogP contribution is 2.24. The van der Waals surface area contributed by atoms with Crippen LogP contribution >= 0.6 is 0 Å². The van der Waals surface area contributed by atoms with Crippen LogP contribution in [0.3, 0.4) is 0 Å². The Balaban J connectivity index is 2.43. The van der Waals surface area contributed by atoms with Gasteiger partial charge in [-0.25, -0.2) is 4.79 Å². The smallest absolute Gasteiger partial charge is 0.331 e. The van der Waals surface area contributed by atoms with Crippen LogP contribution in [0.4, 0.5) is 11.5 Å². The van der Waals surface area contributed by atoms with Gasteiger partial charge in [0.05, 0.1) is 23.8 Å². The number of benzene rings is 1. The lowest BCUT2D eigenvalue weighted by molar-refractivity contribution is -0.142. The fourth-order valence-electron chi connectivity index (χ4n) is 2.84. The summed E-state index contributed by atoms with van der Waals surface area (Å²) in [5.74, 6) is -0.322. The zero-order valence-electron chi connectivity index (χ0n) is 16.9. The molecule has 29 heavy (non-hydrogen) atoms. The van der Waals surface area contributed by atoms with Gasteiger partial charge in [0.1, 0.15) is 19.2 Å². The molecule has 0 bridgehead atoms. The Labute approximate surface area is 167 Å². The van der Waals surface area contributed by atoms with Gasteiger partial charge in [-0.3, -0.25) is 19.1 Å². The minimum absolute atomic E-state index is 0.0522. The number of rotatable bonds is 8. The molecular formula is C20H24N4O5. The van der Waals surface area contributed by atoms with Crippen LogP contribution in [0.25, 0.3) is 0 Å². The van der Waals surface area contributed by atoms with E-state index < -0.39 is 17.2 Å². The second-order valence-corrected chi connectivity index (χ2v) is 6.81. The Kier molecular flexibility index (Phi) is 7.33. The number of carbonyl (C=O) groups excluding carboxylic acids is 1. The van der Waals surface area contributed by atoms with Gasteiger partial charge in [-0.05, 0) is 36.6 Å². The predicted octanol–water partition coefficient (Wildman–Crippen LogP) is 2.12. The van der Waals surface area contributed by atoms with Crippen molar-refractivity contribution >= 4 is 17.5 Å². The number of hydrogen-bond acceptors (Lipinski definition) is 7. The molecule has 2 rings (SSSR count). The molecule has 0 saturated heterocycles. The third-order valence-corrected chi connectivity index (χ3v) is 4.04. The van der Waals surface area contributed by atoms with Gasteiger partial charge in [0.15, 0.2) is 0 Å². The van der Waals surface area contributed by atoms with Crippen molar-refractivity contribution in [3.8, 4) is 6.07 Å². The number of nitriles is 1. The molecule has 0 saturated carbocycles. The van der Waals surface area contributed by atoms with Crippen molar-refractivity contribution in [2.45, 2.75) is 40.3 Å². The van der Waals surface area contributed by atoms with Crippen molar-refractivity contribution in [1.82, 2.24) is 9.55 Å². The van der Waals surface area contributed by atoms with Crippen molar-refractivity contribution in [3.05, 3.63) is 55.7 Å². The second-order valence-electron chi connectivity index (χ2n) is 6.81. The first-order valence-corrected chi connectivity index (χ1v) is 9.09. The van der Waals surface area contributed by atoms with E-state index in [9.17, 15) is 19.6 Å². The molecule has 0 aliphatic rings. The van der Waals surface area contributed by atoms with Crippen molar-refractivity contribution in [2.24, 2.45) is 0 Å². The van der Waals surface area contributed by atoms with Crippen LogP contribution in [0.1, 0.15) is 43.4 Å². The molecule has 2 aromatic rings. The number of esters is 1. The number of aromatic nitrogens is 2. The molecule has 9 heteroatoms. The minimum Gasteiger partial charge on any atom is -0.463 e. The summed E-state index contributed by atoms with van der Waals surface area (Å²) in [5, 5.41) is 12.3. The summed E-state index contributed by atoms with van der Waals surface area (Å²) in [4.78, 5) is 38.0. The summed E-state index contributed by atoms with van der Waals surface area (Å²) in [6.07, 6.45) is 0. The van der Waals surface area contributed by atoms with Crippen LogP contribution in [0, 0.1) is 18.3 Å². The second kappa shape index (κ2) is 9.71. The average molecular weight is 400 g/mol. The van der Waals surface area contributed by atoms with E-state index in [0.717, 1.165) is 5.56 Å². The van der Waals surface area contributed by atoms with E-state index in [1.54, 1.807) is 12.1 Å². The summed E-state index contributed by atoms with van der Waals surface area (Å²) >= 11 is 0. The van der Waals surface area contributed by atoms with Crippen molar-refractivity contribution in [3.63, 3.8) is 0 Å². The number of hydrogen-bond donors (Lipinski definition) is 2. The van der Waals surface area contributed by atoms with Crippen LogP contribution < -0.4 is 16.6 Å². The van der Waals surface area contributed by atoms with E-state index >= 15 is 0 Å². The topological polar surface area (TPSA) is 126 Å². The number of ether oxygens (including phenoxy) is 2. The fourth-order valence-corrected chi connectivity index (χ4v) is 2.84. The maximum atomic E-state index is 12.4. The standard InChI is InChI=1S/C20H24N4O5/c1-12(2)17-18(22-16-8-13(3)7-15(9-16)10-21)24(20(27)23-19(17)26)11-28-5-6-29-14(4)25/h7-9,12,22H,5-6,11H2,1-4H3,(H,23,26,27). The molecule has 1 heterocycles. The van der Waals surface area contributed by atoms with E-state index in [1.807, 2.05) is 26.8 Å². The number of nitrogens with zero attached hydrogens (tertiary/aromatic N) is 2. The molecule has 0 radical (unpaired) electrons. The predicted molar refractivity (Wildman–Crippen MR) is 107 cm³/mol. The molecule has 154 valence electrons. The highest BCUT2D eigenvalue weighted by Gasteiger charge is 2.18. The molecule has 9 nitrogen and oxygen atoms in total. The Morgan fingerprint density at radius 2 is 2.00 bits per heavy atom. The Morgan fingerprint density at radius 3 is 2.62 bits per heavy atom. The first kappa shape index (κ1) is 21.9. The van der Waals surface area contributed by atoms with Gasteiger partial charge in [-0.15, -0.1) is 0 Å². The number of aryl methyl sites for hydroxylation is 1. The molecule has 1 aromatic heterocycles. The third-order valence-electron chi connectivity index (χ3n) is 4.04. The number of H-pyrrole nitrogens is 1. The molecule has 0 aliphatic carbocycles. The summed E-state index contributed by atoms with van der Waals surface area (Å²) in [7, 11) is 0. The first-order valence-electron chi connectivity index (χ1n) is 9.09. The van der Waals surface area contributed by atoms with Gasteiger partial charge in [0.2, 0.25) is 0 Å². The zero-order chi connectivity index (χ0) is 21.6. The van der Waals surface area contributed by atoms with Crippen LogP contribution in [-0.2, 0) is 21.0 Å². The quantitative estimate of drug-likeness (QED) is 0.513. The summed E-state index contributed by atoms with van der Waals surface area (Å²) in [6.45, 7) is 6.79. The SMILES string of the molecule is CC(=O)OCCOCn1c(Nc2cc(C)cc(C#N)c2)c(C(C)C)c(=O)[nH]c1=O. The molecule has 0 amide bonds. The highest BCUT2D eigenvalue weighted by atomic mass is 16.6.